The first-order valence-electron chi connectivity index (χ1n) is 10.9. The van der Waals surface area contributed by atoms with Crippen LogP contribution in [0.3, 0.4) is 0 Å². The van der Waals surface area contributed by atoms with E-state index in [0.29, 0.717) is 5.52 Å². The number of hydrogen-bond donors (Lipinski definition) is 5. The molecule has 0 atom stereocenters. The third kappa shape index (κ3) is 5.54. The number of urea groups is 1. The van der Waals surface area contributed by atoms with E-state index in [1.165, 1.54) is 31.5 Å². The molecule has 4 rings (SSSR count). The Labute approximate surface area is 214 Å². The van der Waals surface area contributed by atoms with Gasteiger partial charge in [0.2, 0.25) is 0 Å². The van der Waals surface area contributed by atoms with Crippen molar-refractivity contribution < 1.29 is 27.8 Å². The van der Waals surface area contributed by atoms with Gasteiger partial charge in [0, 0.05) is 42.2 Å². The van der Waals surface area contributed by atoms with Gasteiger partial charge in [0.25, 0.3) is 5.91 Å². The van der Waals surface area contributed by atoms with Crippen LogP contribution in [-0.4, -0.2) is 36.3 Å². The number of nitrogens with zero attached hydrogens (tertiary/aromatic N) is 1. The summed E-state index contributed by atoms with van der Waals surface area (Å²) in [5.74, 6) is -3.72. The molecule has 0 saturated heterocycles. The summed E-state index contributed by atoms with van der Waals surface area (Å²) in [5.41, 5.74) is 5.48. The van der Waals surface area contributed by atoms with Gasteiger partial charge in [-0.3, -0.25) is 9.78 Å². The fraction of sp³-hybridized carbons (Fsp3) is 0.167. The molecule has 1 aliphatic carbocycles. The average molecular weight is 531 g/mol. The maximum atomic E-state index is 15.1. The van der Waals surface area contributed by atoms with Crippen LogP contribution < -0.4 is 31.2 Å². The summed E-state index contributed by atoms with van der Waals surface area (Å²) in [5, 5.41) is 14.4. The Morgan fingerprint density at radius 2 is 2.00 bits per heavy atom. The zero-order valence-corrected chi connectivity index (χ0v) is 20.1. The number of halogens is 3. The third-order valence-corrected chi connectivity index (χ3v) is 5.72. The molecule has 0 spiro atoms. The minimum Gasteiger partial charge on any atom is -0.496 e. The Morgan fingerprint density at radius 3 is 2.65 bits per heavy atom. The number of amides is 3. The molecule has 13 heteroatoms. The maximum Gasteiger partial charge on any atom is 0.319 e. The number of pyridine rings is 1. The number of hydrogen-bond acceptors (Lipinski definition) is 7. The number of nitrogens with one attached hydrogen (secondary N) is 4. The lowest BCUT2D eigenvalue weighted by atomic mass is 10.1. The Kier molecular flexibility index (Phi) is 7.39. The third-order valence-electron chi connectivity index (χ3n) is 5.35. The highest BCUT2D eigenvalue weighted by Gasteiger charge is 2.26. The molecule has 1 heterocycles. The predicted octanol–water partition coefficient (Wildman–Crippen LogP) is 4.43. The minimum atomic E-state index is -1.23. The smallest absolute Gasteiger partial charge is 0.319 e. The second-order valence-corrected chi connectivity index (χ2v) is 8.31. The van der Waals surface area contributed by atoms with Gasteiger partial charge in [0.05, 0.1) is 29.6 Å². The number of anilines is 1. The summed E-state index contributed by atoms with van der Waals surface area (Å²) in [7, 11) is 1.35. The van der Waals surface area contributed by atoms with Crippen molar-refractivity contribution in [2.24, 2.45) is 5.73 Å². The predicted molar refractivity (Wildman–Crippen MR) is 133 cm³/mol. The van der Waals surface area contributed by atoms with Crippen LogP contribution in [0, 0.1) is 17.0 Å². The summed E-state index contributed by atoms with van der Waals surface area (Å²) < 4.78 is 40.8. The number of carbonyl (C=O) groups excluding carboxylic acids is 2. The van der Waals surface area contributed by atoms with Gasteiger partial charge in [-0.05, 0) is 25.0 Å². The van der Waals surface area contributed by atoms with E-state index in [-0.39, 0.29) is 39.9 Å². The lowest BCUT2D eigenvalue weighted by Crippen LogP contribution is -2.30. The fourth-order valence-corrected chi connectivity index (χ4v) is 3.54. The molecule has 0 aliphatic heterocycles. The van der Waals surface area contributed by atoms with Crippen LogP contribution in [0.1, 0.15) is 23.2 Å². The molecular formula is C24H21ClF2N6O4. The molecule has 1 aromatic heterocycles. The van der Waals surface area contributed by atoms with Crippen molar-refractivity contribution in [3.05, 3.63) is 64.6 Å². The molecule has 0 radical (unpaired) electrons. The molecule has 6 N–H and O–H groups in total. The highest BCUT2D eigenvalue weighted by molar-refractivity contribution is 6.34. The van der Waals surface area contributed by atoms with Crippen molar-refractivity contribution in [2.75, 3.05) is 12.4 Å². The second kappa shape index (κ2) is 10.7. The van der Waals surface area contributed by atoms with Gasteiger partial charge < -0.3 is 36.6 Å². The van der Waals surface area contributed by atoms with Crippen LogP contribution in [0.15, 0.2) is 42.4 Å². The van der Waals surface area contributed by atoms with Crippen molar-refractivity contribution in [3.8, 4) is 17.2 Å². The number of rotatable bonds is 8. The molecule has 1 fully saturated rings. The summed E-state index contributed by atoms with van der Waals surface area (Å²) in [6, 6.07) is 4.40. The summed E-state index contributed by atoms with van der Waals surface area (Å²) in [6.45, 7) is 0. The topological polar surface area (TPSA) is 151 Å². The Bertz CT molecular complexity index is 1440. The van der Waals surface area contributed by atoms with Crippen LogP contribution in [0.4, 0.5) is 19.3 Å². The minimum absolute atomic E-state index is 0.0225. The number of carbonyl (C=O) groups is 2. The lowest BCUT2D eigenvalue weighted by Gasteiger charge is -2.15. The first-order chi connectivity index (χ1) is 17.7. The van der Waals surface area contributed by atoms with E-state index in [1.54, 1.807) is 0 Å². The molecule has 37 heavy (non-hydrogen) atoms. The van der Waals surface area contributed by atoms with Crippen molar-refractivity contribution in [2.45, 2.75) is 18.9 Å². The molecule has 3 amide bonds. The zero-order chi connectivity index (χ0) is 26.7. The number of aromatic nitrogens is 1. The quantitative estimate of drug-likeness (QED) is 0.215. The molecule has 0 bridgehead atoms. The molecule has 192 valence electrons. The molecule has 0 unspecified atom stereocenters. The second-order valence-electron chi connectivity index (χ2n) is 7.94. The van der Waals surface area contributed by atoms with E-state index >= 15 is 4.39 Å². The zero-order valence-electron chi connectivity index (χ0n) is 19.3. The van der Waals surface area contributed by atoms with Crippen LogP contribution in [0.25, 0.3) is 10.9 Å². The Hall–Kier alpha value is -4.45. The SMILES string of the molecule is COc1cc2nccc(Oc3c(F)cc(NC(=O)NC4CC4)c(Cl)c3F)c2cc1C(=O)N/C(C=N)=C/N. The van der Waals surface area contributed by atoms with Gasteiger partial charge in [-0.15, -0.1) is 0 Å². The van der Waals surface area contributed by atoms with Crippen LogP contribution in [0.2, 0.25) is 5.02 Å². The van der Waals surface area contributed by atoms with Crippen LogP contribution in [-0.2, 0) is 0 Å². The molecule has 10 nitrogen and oxygen atoms in total. The molecule has 1 aliphatic rings. The number of allylic oxidation sites excluding steroid dienone is 1. The first kappa shape index (κ1) is 25.6. The normalized spacial score (nSPS) is 13.1. The lowest BCUT2D eigenvalue weighted by molar-refractivity contribution is 0.0965. The van der Waals surface area contributed by atoms with Crippen LogP contribution in [0.5, 0.6) is 17.2 Å². The van der Waals surface area contributed by atoms with Gasteiger partial charge >= 0.3 is 6.03 Å². The Balaban J connectivity index is 1.70. The Morgan fingerprint density at radius 1 is 1.24 bits per heavy atom. The van der Waals surface area contributed by atoms with E-state index in [4.69, 9.17) is 32.2 Å². The van der Waals surface area contributed by atoms with Gasteiger partial charge in [0.15, 0.2) is 17.4 Å². The molecule has 1 saturated carbocycles. The van der Waals surface area contributed by atoms with Crippen molar-refractivity contribution in [1.29, 1.82) is 5.41 Å². The monoisotopic (exact) mass is 530 g/mol. The molecular weight excluding hydrogens is 510 g/mol. The first-order valence-corrected chi connectivity index (χ1v) is 11.3. The number of methoxy groups -OCH3 is 1. The standard InChI is InChI=1S/C24H21ClF2N6O4/c1-36-19-8-16-13(6-14(19)23(34)31-12(9-28)10-29)18(4-5-30-16)37-22-15(26)7-17(20(25)21(22)27)33-24(35)32-11-2-3-11/h4-11,28H,2-3,29H2,1H3,(H,31,34)(H2,32,33,35)/b12-10+,28-9?. The number of benzene rings is 2. The van der Waals surface area contributed by atoms with Crippen LogP contribution >= 0.6 is 11.6 Å². The maximum absolute atomic E-state index is 15.1. The van der Waals surface area contributed by atoms with E-state index in [9.17, 15) is 14.0 Å². The molecule has 3 aromatic rings. The highest BCUT2D eigenvalue weighted by atomic mass is 35.5. The summed E-state index contributed by atoms with van der Waals surface area (Å²) >= 11 is 6.05. The summed E-state index contributed by atoms with van der Waals surface area (Å²) in [6.07, 6.45) is 4.90. The summed E-state index contributed by atoms with van der Waals surface area (Å²) in [4.78, 5) is 29.0. The van der Waals surface area contributed by atoms with Crippen molar-refractivity contribution in [3.63, 3.8) is 0 Å². The van der Waals surface area contributed by atoms with E-state index < -0.39 is 34.3 Å². The highest BCUT2D eigenvalue weighted by Crippen LogP contribution is 2.39. The number of ether oxygens (including phenoxy) is 2. The van der Waals surface area contributed by atoms with E-state index in [0.717, 1.165) is 31.3 Å². The fourth-order valence-electron chi connectivity index (χ4n) is 3.35. The molecule has 2 aromatic carbocycles. The van der Waals surface area contributed by atoms with Crippen molar-refractivity contribution >= 4 is 46.3 Å². The van der Waals surface area contributed by atoms with Crippen molar-refractivity contribution in [1.82, 2.24) is 15.6 Å². The van der Waals surface area contributed by atoms with E-state index in [2.05, 4.69) is 20.9 Å². The number of nitrogens with two attached hydrogens (primary N) is 1. The van der Waals surface area contributed by atoms with Gasteiger partial charge in [-0.2, -0.15) is 0 Å². The number of fused-ring (bicyclic) bond motifs is 1. The average Bonchev–Trinajstić information content (AvgIpc) is 3.71. The van der Waals surface area contributed by atoms with Gasteiger partial charge in [-0.25, -0.2) is 13.6 Å². The van der Waals surface area contributed by atoms with Gasteiger partial charge in [0.1, 0.15) is 16.5 Å². The largest absolute Gasteiger partial charge is 0.496 e. The van der Waals surface area contributed by atoms with E-state index in [1.807, 2.05) is 0 Å². The van der Waals surface area contributed by atoms with Gasteiger partial charge in [-0.1, -0.05) is 11.6 Å².